The highest BCUT2D eigenvalue weighted by molar-refractivity contribution is 6.00. The van der Waals surface area contributed by atoms with Gasteiger partial charge in [-0.15, -0.1) is 0 Å². The number of hydrogen-bond acceptors (Lipinski definition) is 4. The molecule has 0 aliphatic carbocycles. The zero-order valence-electron chi connectivity index (χ0n) is 11.7. The minimum Gasteiger partial charge on any atom is -0.465 e. The molecule has 1 rings (SSSR count). The van der Waals surface area contributed by atoms with Crippen LogP contribution >= 0.6 is 0 Å². The van der Waals surface area contributed by atoms with Crippen LogP contribution < -0.4 is 11.1 Å². The Kier molecular flexibility index (Phi) is 4.62. The van der Waals surface area contributed by atoms with Gasteiger partial charge in [0.05, 0.1) is 12.7 Å². The Hall–Kier alpha value is -2.09. The topological polar surface area (TPSA) is 81.4 Å². The van der Waals surface area contributed by atoms with Crippen LogP contribution in [0.4, 0.5) is 18.9 Å². The van der Waals surface area contributed by atoms with Crippen LogP contribution in [0.15, 0.2) is 18.2 Å². The van der Waals surface area contributed by atoms with Gasteiger partial charge in [0.1, 0.15) is 0 Å². The van der Waals surface area contributed by atoms with Gasteiger partial charge in [-0.3, -0.25) is 4.79 Å². The van der Waals surface area contributed by atoms with Crippen LogP contribution in [0.1, 0.15) is 22.8 Å². The number of alkyl halides is 3. The number of nitrogens with one attached hydrogen (secondary N) is 1. The molecule has 1 amide bonds. The number of hydrogen-bond donors (Lipinski definition) is 2. The molecule has 0 fully saturated rings. The largest absolute Gasteiger partial charge is 0.465 e. The summed E-state index contributed by atoms with van der Waals surface area (Å²) in [5.74, 6) is -2.07. The molecule has 1 aromatic carbocycles. The van der Waals surface area contributed by atoms with Gasteiger partial charge in [-0.05, 0) is 31.5 Å². The molecule has 0 aliphatic rings. The predicted octanol–water partition coefficient (Wildman–Crippen LogP) is 2.00. The highest BCUT2D eigenvalue weighted by Crippen LogP contribution is 2.29. The SMILES string of the molecule is COC(=O)c1cccc(NC(=O)C(C)(N)C(F)(F)F)c1C. The predicted molar refractivity (Wildman–Crippen MR) is 69.8 cm³/mol. The highest BCUT2D eigenvalue weighted by Gasteiger charge is 2.54. The number of halogens is 3. The Morgan fingerprint density at radius 3 is 2.33 bits per heavy atom. The van der Waals surface area contributed by atoms with E-state index in [0.29, 0.717) is 6.92 Å². The first-order valence-electron chi connectivity index (χ1n) is 5.87. The van der Waals surface area contributed by atoms with Crippen molar-refractivity contribution in [1.29, 1.82) is 0 Å². The monoisotopic (exact) mass is 304 g/mol. The molecule has 1 unspecified atom stereocenters. The maximum Gasteiger partial charge on any atom is 0.415 e. The van der Waals surface area contributed by atoms with Gasteiger partial charge >= 0.3 is 12.1 Å². The van der Waals surface area contributed by atoms with E-state index in [-0.39, 0.29) is 16.8 Å². The molecule has 0 radical (unpaired) electrons. The van der Waals surface area contributed by atoms with Gasteiger partial charge in [-0.25, -0.2) is 4.79 Å². The van der Waals surface area contributed by atoms with Crippen molar-refractivity contribution in [3.05, 3.63) is 29.3 Å². The van der Waals surface area contributed by atoms with Crippen molar-refractivity contribution < 1.29 is 27.5 Å². The van der Waals surface area contributed by atoms with E-state index in [1.807, 2.05) is 0 Å². The number of ether oxygens (including phenoxy) is 1. The van der Waals surface area contributed by atoms with Crippen LogP contribution in [0.3, 0.4) is 0 Å². The summed E-state index contributed by atoms with van der Waals surface area (Å²) < 4.78 is 42.6. The second-order valence-corrected chi connectivity index (χ2v) is 4.62. The number of carbonyl (C=O) groups is 2. The quantitative estimate of drug-likeness (QED) is 0.837. The average molecular weight is 304 g/mol. The van der Waals surface area contributed by atoms with E-state index < -0.39 is 23.6 Å². The van der Waals surface area contributed by atoms with E-state index in [1.54, 1.807) is 0 Å². The van der Waals surface area contributed by atoms with Gasteiger partial charge in [-0.2, -0.15) is 13.2 Å². The standard InChI is InChI=1S/C13H15F3N2O3/c1-7-8(10(19)21-3)5-4-6-9(7)18-11(20)12(2,17)13(14,15)16/h4-6H,17H2,1-3H3,(H,18,20). The van der Waals surface area contributed by atoms with E-state index in [4.69, 9.17) is 5.73 Å². The van der Waals surface area contributed by atoms with Gasteiger partial charge in [0, 0.05) is 5.69 Å². The summed E-state index contributed by atoms with van der Waals surface area (Å²) in [5.41, 5.74) is 2.48. The van der Waals surface area contributed by atoms with Crippen molar-refractivity contribution >= 4 is 17.6 Å². The van der Waals surface area contributed by atoms with E-state index in [1.165, 1.54) is 32.2 Å². The third-order valence-electron chi connectivity index (χ3n) is 3.05. The molecule has 1 atom stereocenters. The lowest BCUT2D eigenvalue weighted by atomic mass is 10.0. The van der Waals surface area contributed by atoms with Crippen LogP contribution in [0.25, 0.3) is 0 Å². The van der Waals surface area contributed by atoms with Crippen molar-refractivity contribution in [2.75, 3.05) is 12.4 Å². The summed E-state index contributed by atoms with van der Waals surface area (Å²) in [6.07, 6.45) is -4.90. The van der Waals surface area contributed by atoms with Gasteiger partial charge in [0.15, 0.2) is 5.54 Å². The number of amides is 1. The summed E-state index contributed by atoms with van der Waals surface area (Å²) in [5, 5.41) is 2.08. The van der Waals surface area contributed by atoms with Gasteiger partial charge in [0.25, 0.3) is 5.91 Å². The number of anilines is 1. The molecule has 0 bridgehead atoms. The lowest BCUT2D eigenvalue weighted by Gasteiger charge is -2.26. The number of nitrogens with two attached hydrogens (primary N) is 1. The van der Waals surface area contributed by atoms with Crippen molar-refractivity contribution in [1.82, 2.24) is 0 Å². The number of carbonyl (C=O) groups excluding carboxylic acids is 2. The summed E-state index contributed by atoms with van der Waals surface area (Å²) in [6, 6.07) is 4.21. The molecule has 0 saturated carbocycles. The van der Waals surface area contributed by atoms with E-state index in [2.05, 4.69) is 10.1 Å². The molecule has 0 aromatic heterocycles. The zero-order chi connectivity index (χ0) is 16.4. The molecular weight excluding hydrogens is 289 g/mol. The molecule has 21 heavy (non-hydrogen) atoms. The minimum absolute atomic E-state index is 0.0591. The van der Waals surface area contributed by atoms with Crippen molar-refractivity contribution in [3.63, 3.8) is 0 Å². The first-order chi connectivity index (χ1) is 9.52. The lowest BCUT2D eigenvalue weighted by Crippen LogP contribution is -2.59. The Balaban J connectivity index is 3.10. The maximum absolute atomic E-state index is 12.7. The Morgan fingerprint density at radius 1 is 1.29 bits per heavy atom. The fourth-order valence-corrected chi connectivity index (χ4v) is 1.48. The average Bonchev–Trinajstić information content (AvgIpc) is 2.38. The molecule has 116 valence electrons. The van der Waals surface area contributed by atoms with Crippen LogP contribution in [-0.2, 0) is 9.53 Å². The van der Waals surface area contributed by atoms with E-state index in [0.717, 1.165) is 0 Å². The van der Waals surface area contributed by atoms with Crippen molar-refractivity contribution in [3.8, 4) is 0 Å². The van der Waals surface area contributed by atoms with Crippen LogP contribution in [0, 0.1) is 6.92 Å². The normalized spacial score (nSPS) is 14.2. The van der Waals surface area contributed by atoms with Gasteiger partial charge in [0.2, 0.25) is 0 Å². The van der Waals surface area contributed by atoms with Crippen molar-refractivity contribution in [2.24, 2.45) is 5.73 Å². The van der Waals surface area contributed by atoms with E-state index in [9.17, 15) is 22.8 Å². The minimum atomic E-state index is -4.90. The molecule has 0 spiro atoms. The number of methoxy groups -OCH3 is 1. The third kappa shape index (κ3) is 3.33. The van der Waals surface area contributed by atoms with Crippen LogP contribution in [0.5, 0.6) is 0 Å². The molecular formula is C13H15F3N2O3. The zero-order valence-corrected chi connectivity index (χ0v) is 11.7. The number of benzene rings is 1. The second kappa shape index (κ2) is 5.72. The van der Waals surface area contributed by atoms with Gasteiger partial charge < -0.3 is 15.8 Å². The Morgan fingerprint density at radius 2 is 1.86 bits per heavy atom. The van der Waals surface area contributed by atoms with E-state index >= 15 is 0 Å². The van der Waals surface area contributed by atoms with Crippen LogP contribution in [-0.4, -0.2) is 30.7 Å². The first kappa shape index (κ1) is 17.0. The summed E-state index contributed by atoms with van der Waals surface area (Å²) >= 11 is 0. The van der Waals surface area contributed by atoms with Gasteiger partial charge in [-0.1, -0.05) is 6.07 Å². The third-order valence-corrected chi connectivity index (χ3v) is 3.05. The fourth-order valence-electron chi connectivity index (χ4n) is 1.48. The summed E-state index contributed by atoms with van der Waals surface area (Å²) in [4.78, 5) is 23.2. The molecule has 0 saturated heterocycles. The first-order valence-corrected chi connectivity index (χ1v) is 5.87. The number of esters is 1. The molecule has 0 heterocycles. The molecule has 0 aliphatic heterocycles. The Labute approximate surface area is 119 Å². The maximum atomic E-state index is 12.7. The molecule has 1 aromatic rings. The fraction of sp³-hybridized carbons (Fsp3) is 0.385. The smallest absolute Gasteiger partial charge is 0.415 e. The second-order valence-electron chi connectivity index (χ2n) is 4.62. The van der Waals surface area contributed by atoms with Crippen LogP contribution in [0.2, 0.25) is 0 Å². The summed E-state index contributed by atoms with van der Waals surface area (Å²) in [7, 11) is 1.17. The van der Waals surface area contributed by atoms with Crippen molar-refractivity contribution in [2.45, 2.75) is 25.6 Å². The molecule has 8 heteroatoms. The highest BCUT2D eigenvalue weighted by atomic mass is 19.4. The molecule has 3 N–H and O–H groups in total. The number of rotatable bonds is 3. The Bertz CT molecular complexity index is 568. The molecule has 5 nitrogen and oxygen atoms in total. The summed E-state index contributed by atoms with van der Waals surface area (Å²) in [6.45, 7) is 2.05. The lowest BCUT2D eigenvalue weighted by molar-refractivity contribution is -0.184.